The van der Waals surface area contributed by atoms with Crippen LogP contribution in [0.1, 0.15) is 5.76 Å². The lowest BCUT2D eigenvalue weighted by atomic mass is 10.1. The number of anilines is 1. The summed E-state index contributed by atoms with van der Waals surface area (Å²) in [4.78, 5) is 37.4. The van der Waals surface area contributed by atoms with E-state index in [1.165, 1.54) is 18.4 Å². The van der Waals surface area contributed by atoms with Crippen LogP contribution in [0.2, 0.25) is 0 Å². The lowest BCUT2D eigenvalue weighted by molar-refractivity contribution is -0.122. The molecule has 0 aliphatic carbocycles. The Morgan fingerprint density at radius 3 is 2.50 bits per heavy atom. The Morgan fingerprint density at radius 1 is 1.08 bits per heavy atom. The molecule has 1 aliphatic rings. The van der Waals surface area contributed by atoms with Gasteiger partial charge in [0, 0.05) is 4.47 Å². The molecule has 1 aromatic heterocycles. The molecule has 0 saturated carbocycles. The summed E-state index contributed by atoms with van der Waals surface area (Å²) in [5.41, 5.74) is 0.231. The molecule has 2 heterocycles. The van der Waals surface area contributed by atoms with E-state index in [0.717, 1.165) is 9.37 Å². The maximum absolute atomic E-state index is 12.5. The zero-order chi connectivity index (χ0) is 17.1. The summed E-state index contributed by atoms with van der Waals surface area (Å²) >= 11 is 3.29. The first-order valence-corrected chi connectivity index (χ1v) is 7.73. The Balaban J connectivity index is 1.89. The highest BCUT2D eigenvalue weighted by Crippen LogP contribution is 2.22. The van der Waals surface area contributed by atoms with E-state index in [-0.39, 0.29) is 5.57 Å². The van der Waals surface area contributed by atoms with Gasteiger partial charge in [-0.25, -0.2) is 9.69 Å². The van der Waals surface area contributed by atoms with Gasteiger partial charge < -0.3 is 4.42 Å². The molecule has 2 aromatic rings. The highest BCUT2D eigenvalue weighted by Gasteiger charge is 2.36. The van der Waals surface area contributed by atoms with Gasteiger partial charge in [0.25, 0.3) is 11.8 Å². The third kappa shape index (κ3) is 3.21. The van der Waals surface area contributed by atoms with Crippen molar-refractivity contribution < 1.29 is 18.8 Å². The molecule has 0 unspecified atom stereocenters. The summed E-state index contributed by atoms with van der Waals surface area (Å²) in [5, 5.41) is 2.16. The zero-order valence-corrected chi connectivity index (χ0v) is 13.8. The monoisotopic (exact) mass is 386 g/mol. The second kappa shape index (κ2) is 6.67. The molecule has 24 heavy (non-hydrogen) atoms. The second-order valence-electron chi connectivity index (χ2n) is 4.83. The summed E-state index contributed by atoms with van der Waals surface area (Å²) in [6.45, 7) is 0. The van der Waals surface area contributed by atoms with Gasteiger partial charge in [0.2, 0.25) is 0 Å². The molecule has 4 amide bonds. The van der Waals surface area contributed by atoms with E-state index >= 15 is 0 Å². The summed E-state index contributed by atoms with van der Waals surface area (Å²) < 4.78 is 5.93. The predicted octanol–water partition coefficient (Wildman–Crippen LogP) is 3.26. The molecular weight excluding hydrogens is 376 g/mol. The van der Waals surface area contributed by atoms with Gasteiger partial charge in [-0.2, -0.15) is 0 Å². The van der Waals surface area contributed by atoms with Crippen molar-refractivity contribution in [1.29, 1.82) is 0 Å². The molecule has 1 N–H and O–H groups in total. The number of carbonyl (C=O) groups excluding carboxylic acids is 3. The molecule has 1 fully saturated rings. The Hall–Kier alpha value is -2.93. The van der Waals surface area contributed by atoms with Gasteiger partial charge in [-0.05, 0) is 48.6 Å². The lowest BCUT2D eigenvalue weighted by Gasteiger charge is -2.26. The van der Waals surface area contributed by atoms with Crippen LogP contribution < -0.4 is 10.2 Å². The average Bonchev–Trinajstić information content (AvgIpc) is 3.05. The first kappa shape index (κ1) is 15.9. The number of nitrogens with one attached hydrogen (secondary N) is 1. The van der Waals surface area contributed by atoms with Crippen molar-refractivity contribution in [3.63, 3.8) is 0 Å². The van der Waals surface area contributed by atoms with E-state index in [1.54, 1.807) is 42.5 Å². The number of hydrogen-bond donors (Lipinski definition) is 1. The highest BCUT2D eigenvalue weighted by atomic mass is 79.9. The number of halogens is 1. The Bertz CT molecular complexity index is 851. The third-order valence-corrected chi connectivity index (χ3v) is 3.78. The van der Waals surface area contributed by atoms with Gasteiger partial charge in [0.15, 0.2) is 0 Å². The SMILES string of the molecule is O=C1NC(=O)N(c2ccc(Br)cc2)C(=O)/C1=C\C=C\c1ccco1. The van der Waals surface area contributed by atoms with Gasteiger partial charge in [0.05, 0.1) is 12.0 Å². The number of nitrogens with zero attached hydrogens (tertiary/aromatic N) is 1. The minimum atomic E-state index is -0.778. The van der Waals surface area contributed by atoms with Crippen LogP contribution in [0.4, 0.5) is 10.5 Å². The topological polar surface area (TPSA) is 79.6 Å². The van der Waals surface area contributed by atoms with Crippen LogP contribution >= 0.6 is 15.9 Å². The van der Waals surface area contributed by atoms with E-state index in [0.29, 0.717) is 11.4 Å². The largest absolute Gasteiger partial charge is 0.465 e. The highest BCUT2D eigenvalue weighted by molar-refractivity contribution is 9.10. The maximum Gasteiger partial charge on any atom is 0.335 e. The molecule has 7 heteroatoms. The van der Waals surface area contributed by atoms with Crippen LogP contribution in [0.25, 0.3) is 6.08 Å². The van der Waals surface area contributed by atoms with Gasteiger partial charge in [-0.1, -0.05) is 22.0 Å². The van der Waals surface area contributed by atoms with E-state index in [1.807, 2.05) is 0 Å². The fourth-order valence-corrected chi connectivity index (χ4v) is 2.39. The maximum atomic E-state index is 12.5. The summed E-state index contributed by atoms with van der Waals surface area (Å²) in [6, 6.07) is 9.29. The van der Waals surface area contributed by atoms with Gasteiger partial charge in [-0.3, -0.25) is 14.9 Å². The number of benzene rings is 1. The minimum absolute atomic E-state index is 0.139. The first-order valence-electron chi connectivity index (χ1n) is 6.93. The smallest absolute Gasteiger partial charge is 0.335 e. The number of imide groups is 2. The molecule has 0 bridgehead atoms. The third-order valence-electron chi connectivity index (χ3n) is 3.25. The molecule has 3 rings (SSSR count). The standard InChI is InChI=1S/C17H11BrN2O4/c18-11-6-8-12(9-7-11)20-16(22)14(15(21)19-17(20)23)5-1-3-13-4-2-10-24-13/h1-10H,(H,19,21,23)/b3-1+,14-5-. The van der Waals surface area contributed by atoms with Gasteiger partial charge in [-0.15, -0.1) is 0 Å². The molecular formula is C17H11BrN2O4. The molecule has 0 radical (unpaired) electrons. The first-order chi connectivity index (χ1) is 11.6. The molecule has 0 spiro atoms. The van der Waals surface area contributed by atoms with Crippen molar-refractivity contribution in [3.05, 3.63) is 70.6 Å². The molecule has 1 aliphatic heterocycles. The van der Waals surface area contributed by atoms with Crippen molar-refractivity contribution in [2.45, 2.75) is 0 Å². The number of allylic oxidation sites excluding steroid dienone is 2. The number of rotatable bonds is 3. The van der Waals surface area contributed by atoms with Crippen molar-refractivity contribution in [3.8, 4) is 0 Å². The summed E-state index contributed by atoms with van der Waals surface area (Å²) in [7, 11) is 0. The van der Waals surface area contributed by atoms with Crippen LogP contribution in [0.15, 0.2) is 69.3 Å². The molecule has 1 aromatic carbocycles. The fraction of sp³-hybridized carbons (Fsp3) is 0. The fourth-order valence-electron chi connectivity index (χ4n) is 2.13. The van der Waals surface area contributed by atoms with Crippen LogP contribution in [0.3, 0.4) is 0 Å². The van der Waals surface area contributed by atoms with Crippen molar-refractivity contribution >= 4 is 45.5 Å². The summed E-state index contributed by atoms with van der Waals surface area (Å²) in [5.74, 6) is -0.839. The normalized spacial score (nSPS) is 17.0. The van der Waals surface area contributed by atoms with Crippen LogP contribution in [0, 0.1) is 0 Å². The van der Waals surface area contributed by atoms with Crippen molar-refractivity contribution in [1.82, 2.24) is 5.32 Å². The van der Waals surface area contributed by atoms with Crippen molar-refractivity contribution in [2.24, 2.45) is 0 Å². The Kier molecular flexibility index (Phi) is 4.43. The Labute approximate surface area is 145 Å². The molecule has 0 atom stereocenters. The number of hydrogen-bond acceptors (Lipinski definition) is 4. The predicted molar refractivity (Wildman–Crippen MR) is 91.0 cm³/mol. The number of carbonyl (C=O) groups is 3. The van der Waals surface area contributed by atoms with E-state index in [2.05, 4.69) is 21.2 Å². The number of urea groups is 1. The van der Waals surface area contributed by atoms with Gasteiger partial charge in [0.1, 0.15) is 11.3 Å². The number of furan rings is 1. The van der Waals surface area contributed by atoms with Crippen LogP contribution in [-0.4, -0.2) is 17.8 Å². The number of barbiturate groups is 1. The van der Waals surface area contributed by atoms with E-state index < -0.39 is 17.8 Å². The van der Waals surface area contributed by atoms with E-state index in [9.17, 15) is 14.4 Å². The summed E-state index contributed by atoms with van der Waals surface area (Å²) in [6.07, 6.45) is 5.98. The lowest BCUT2D eigenvalue weighted by Crippen LogP contribution is -2.54. The second-order valence-corrected chi connectivity index (χ2v) is 5.75. The molecule has 1 saturated heterocycles. The molecule has 120 valence electrons. The van der Waals surface area contributed by atoms with Crippen LogP contribution in [-0.2, 0) is 9.59 Å². The average molecular weight is 387 g/mol. The minimum Gasteiger partial charge on any atom is -0.465 e. The number of amides is 4. The quantitative estimate of drug-likeness (QED) is 0.648. The molecule has 6 nitrogen and oxygen atoms in total. The van der Waals surface area contributed by atoms with Gasteiger partial charge >= 0.3 is 6.03 Å². The zero-order valence-electron chi connectivity index (χ0n) is 12.2. The Morgan fingerprint density at radius 2 is 1.83 bits per heavy atom. The van der Waals surface area contributed by atoms with E-state index in [4.69, 9.17) is 4.42 Å². The van der Waals surface area contributed by atoms with Crippen LogP contribution in [0.5, 0.6) is 0 Å². The van der Waals surface area contributed by atoms with Crippen molar-refractivity contribution in [2.75, 3.05) is 4.90 Å².